The molecule has 0 saturated heterocycles. The average molecular weight is 323 g/mol. The Bertz CT molecular complexity index is 430. The highest BCUT2D eigenvalue weighted by Gasteiger charge is 2.02. The molecule has 0 aliphatic heterocycles. The van der Waals surface area contributed by atoms with Crippen molar-refractivity contribution in [2.24, 2.45) is 10.7 Å². The number of methoxy groups -OCH3 is 1. The average Bonchev–Trinajstić information content (AvgIpc) is 2.37. The van der Waals surface area contributed by atoms with Gasteiger partial charge in [-0.1, -0.05) is 35.0 Å². The molecule has 0 bridgehead atoms. The van der Waals surface area contributed by atoms with E-state index in [1.165, 1.54) is 11.8 Å². The summed E-state index contributed by atoms with van der Waals surface area (Å²) in [4.78, 5) is 4.12. The summed E-state index contributed by atoms with van der Waals surface area (Å²) >= 11 is 13.2. The Morgan fingerprint density at radius 3 is 2.84 bits per heavy atom. The quantitative estimate of drug-likeness (QED) is 0.476. The molecule has 19 heavy (non-hydrogen) atoms. The third kappa shape index (κ3) is 6.92. The summed E-state index contributed by atoms with van der Waals surface area (Å²) < 4.78 is 10.4. The Balaban J connectivity index is 2.25. The van der Waals surface area contributed by atoms with E-state index in [0.717, 1.165) is 0 Å². The standard InChI is InChI=1S/C12H16Cl2N2O2S/c1-17-5-4-16-12(15)19-7-6-18-11-3-2-9(13)8-10(11)14/h2-3,8H,4-7H2,1H3,(H2,15,16). The van der Waals surface area contributed by atoms with Crippen LogP contribution in [0.5, 0.6) is 5.75 Å². The number of amidine groups is 1. The maximum absolute atomic E-state index is 5.98. The molecule has 106 valence electrons. The molecule has 0 unspecified atom stereocenters. The number of aliphatic imine (C=N–C) groups is 1. The van der Waals surface area contributed by atoms with Crippen molar-refractivity contribution in [1.82, 2.24) is 0 Å². The topological polar surface area (TPSA) is 56.8 Å². The zero-order valence-corrected chi connectivity index (χ0v) is 12.9. The number of ether oxygens (including phenoxy) is 2. The van der Waals surface area contributed by atoms with Gasteiger partial charge in [0.2, 0.25) is 0 Å². The largest absolute Gasteiger partial charge is 0.491 e. The van der Waals surface area contributed by atoms with Crippen LogP contribution >= 0.6 is 35.0 Å². The van der Waals surface area contributed by atoms with E-state index in [0.29, 0.717) is 46.5 Å². The van der Waals surface area contributed by atoms with Crippen LogP contribution in [0.1, 0.15) is 0 Å². The minimum Gasteiger partial charge on any atom is -0.491 e. The fraction of sp³-hybridized carbons (Fsp3) is 0.417. The van der Waals surface area contributed by atoms with E-state index in [2.05, 4.69) is 4.99 Å². The predicted octanol–water partition coefficient (Wildman–Crippen LogP) is 3.07. The Labute approximate surface area is 127 Å². The molecule has 2 N–H and O–H groups in total. The lowest BCUT2D eigenvalue weighted by Gasteiger charge is -2.07. The Morgan fingerprint density at radius 1 is 1.37 bits per heavy atom. The van der Waals surface area contributed by atoms with Crippen molar-refractivity contribution in [3.05, 3.63) is 28.2 Å². The van der Waals surface area contributed by atoms with Crippen LogP contribution in [0.3, 0.4) is 0 Å². The smallest absolute Gasteiger partial charge is 0.154 e. The van der Waals surface area contributed by atoms with Gasteiger partial charge in [0, 0.05) is 17.9 Å². The molecule has 1 aromatic carbocycles. The fourth-order valence-corrected chi connectivity index (χ4v) is 2.20. The number of nitrogens with two attached hydrogens (primary N) is 1. The molecular formula is C12H16Cl2N2O2S. The highest BCUT2D eigenvalue weighted by Crippen LogP contribution is 2.27. The third-order valence-electron chi connectivity index (χ3n) is 2.05. The number of rotatable bonds is 7. The van der Waals surface area contributed by atoms with Crippen LogP contribution in [0.15, 0.2) is 23.2 Å². The van der Waals surface area contributed by atoms with Crippen molar-refractivity contribution in [2.45, 2.75) is 0 Å². The van der Waals surface area contributed by atoms with E-state index >= 15 is 0 Å². The second-order valence-electron chi connectivity index (χ2n) is 3.48. The molecule has 0 radical (unpaired) electrons. The Morgan fingerprint density at radius 2 is 2.16 bits per heavy atom. The third-order valence-corrected chi connectivity index (χ3v) is 3.37. The number of thioether (sulfide) groups is 1. The molecule has 1 rings (SSSR count). The van der Waals surface area contributed by atoms with E-state index in [-0.39, 0.29) is 0 Å². The lowest BCUT2D eigenvalue weighted by Crippen LogP contribution is -2.12. The van der Waals surface area contributed by atoms with Gasteiger partial charge in [-0.2, -0.15) is 0 Å². The molecule has 0 spiro atoms. The van der Waals surface area contributed by atoms with E-state index in [1.54, 1.807) is 25.3 Å². The zero-order valence-electron chi connectivity index (χ0n) is 10.6. The number of halogens is 2. The summed E-state index contributed by atoms with van der Waals surface area (Å²) in [6, 6.07) is 5.12. The lowest BCUT2D eigenvalue weighted by atomic mass is 10.3. The van der Waals surface area contributed by atoms with Crippen LogP contribution in [0.25, 0.3) is 0 Å². The van der Waals surface area contributed by atoms with Gasteiger partial charge >= 0.3 is 0 Å². The van der Waals surface area contributed by atoms with Crippen molar-refractivity contribution in [2.75, 3.05) is 32.6 Å². The Hall–Kier alpha value is -0.620. The van der Waals surface area contributed by atoms with E-state index in [1.807, 2.05) is 0 Å². The van der Waals surface area contributed by atoms with Gasteiger partial charge in [-0.25, -0.2) is 0 Å². The molecule has 0 aliphatic rings. The molecule has 0 aromatic heterocycles. The number of hydrogen-bond donors (Lipinski definition) is 1. The normalized spacial score (nSPS) is 11.6. The Kier molecular flexibility index (Phi) is 8.05. The summed E-state index contributed by atoms with van der Waals surface area (Å²) in [5.74, 6) is 1.31. The number of nitrogens with zero attached hydrogens (tertiary/aromatic N) is 1. The first-order valence-corrected chi connectivity index (χ1v) is 7.37. The van der Waals surface area contributed by atoms with Gasteiger partial charge in [-0.05, 0) is 18.2 Å². The maximum Gasteiger partial charge on any atom is 0.154 e. The van der Waals surface area contributed by atoms with Crippen molar-refractivity contribution in [3.8, 4) is 5.75 Å². The monoisotopic (exact) mass is 322 g/mol. The first-order chi connectivity index (χ1) is 9.13. The van der Waals surface area contributed by atoms with Gasteiger partial charge in [0.05, 0.1) is 24.8 Å². The molecule has 0 fully saturated rings. The zero-order chi connectivity index (χ0) is 14.1. The van der Waals surface area contributed by atoms with Crippen molar-refractivity contribution < 1.29 is 9.47 Å². The van der Waals surface area contributed by atoms with Crippen molar-refractivity contribution in [3.63, 3.8) is 0 Å². The molecule has 0 aliphatic carbocycles. The second-order valence-corrected chi connectivity index (χ2v) is 5.44. The maximum atomic E-state index is 5.98. The summed E-state index contributed by atoms with van der Waals surface area (Å²) in [5, 5.41) is 1.61. The fourth-order valence-electron chi connectivity index (χ4n) is 1.18. The van der Waals surface area contributed by atoms with E-state index in [9.17, 15) is 0 Å². The van der Waals surface area contributed by atoms with Crippen molar-refractivity contribution >= 4 is 40.1 Å². The molecule has 0 amide bonds. The van der Waals surface area contributed by atoms with Gasteiger partial charge in [0.25, 0.3) is 0 Å². The van der Waals surface area contributed by atoms with Gasteiger partial charge in [0.15, 0.2) is 5.17 Å². The summed E-state index contributed by atoms with van der Waals surface area (Å²) in [7, 11) is 1.63. The van der Waals surface area contributed by atoms with Crippen LogP contribution in [-0.2, 0) is 4.74 Å². The molecule has 0 heterocycles. The van der Waals surface area contributed by atoms with Crippen molar-refractivity contribution in [1.29, 1.82) is 0 Å². The number of benzene rings is 1. The summed E-state index contributed by atoms with van der Waals surface area (Å²) in [6.45, 7) is 1.63. The van der Waals surface area contributed by atoms with Gasteiger partial charge in [-0.3, -0.25) is 4.99 Å². The highest BCUT2D eigenvalue weighted by molar-refractivity contribution is 8.13. The van der Waals surface area contributed by atoms with Gasteiger partial charge < -0.3 is 15.2 Å². The van der Waals surface area contributed by atoms with Crippen LogP contribution in [0.2, 0.25) is 10.0 Å². The minimum absolute atomic E-state index is 0.493. The van der Waals surface area contributed by atoms with E-state index in [4.69, 9.17) is 38.4 Å². The molecule has 7 heteroatoms. The molecule has 4 nitrogen and oxygen atoms in total. The van der Waals surface area contributed by atoms with Crippen LogP contribution < -0.4 is 10.5 Å². The molecule has 0 saturated carbocycles. The second kappa shape index (κ2) is 9.31. The van der Waals surface area contributed by atoms with Crippen LogP contribution in [-0.4, -0.2) is 37.8 Å². The summed E-state index contributed by atoms with van der Waals surface area (Å²) in [5.41, 5.74) is 5.70. The summed E-state index contributed by atoms with van der Waals surface area (Å²) in [6.07, 6.45) is 0. The first kappa shape index (κ1) is 16.4. The first-order valence-electron chi connectivity index (χ1n) is 5.63. The molecule has 0 atom stereocenters. The predicted molar refractivity (Wildman–Crippen MR) is 82.8 cm³/mol. The molecular weight excluding hydrogens is 307 g/mol. The van der Waals surface area contributed by atoms with Crippen LogP contribution in [0, 0.1) is 0 Å². The van der Waals surface area contributed by atoms with Crippen LogP contribution in [0.4, 0.5) is 0 Å². The van der Waals surface area contributed by atoms with Gasteiger partial charge in [-0.15, -0.1) is 0 Å². The SMILES string of the molecule is COCCN=C(N)SCCOc1ccc(Cl)cc1Cl. The van der Waals surface area contributed by atoms with E-state index < -0.39 is 0 Å². The highest BCUT2D eigenvalue weighted by atomic mass is 35.5. The van der Waals surface area contributed by atoms with Gasteiger partial charge in [0.1, 0.15) is 5.75 Å². The minimum atomic E-state index is 0.493. The molecule has 1 aromatic rings. The number of hydrogen-bond acceptors (Lipinski definition) is 4. The lowest BCUT2D eigenvalue weighted by molar-refractivity contribution is 0.208.